The number of methoxy groups -OCH3 is 1. The Balaban J connectivity index is 1.54. The third-order valence-electron chi connectivity index (χ3n) is 7.27. The van der Waals surface area contributed by atoms with Crippen LogP contribution in [-0.2, 0) is 17.7 Å². The summed E-state index contributed by atoms with van der Waals surface area (Å²) in [7, 11) is 1.37. The highest BCUT2D eigenvalue weighted by Crippen LogP contribution is 2.46. The monoisotopic (exact) mass is 585 g/mol. The molecule has 0 bridgehead atoms. The third-order valence-corrected chi connectivity index (χ3v) is 7.27. The number of alkyl halides is 3. The number of benzene rings is 3. The number of amides is 1. The number of nitrogens with zero attached hydrogens (tertiary/aromatic N) is 1. The molecule has 1 aliphatic rings. The second kappa shape index (κ2) is 10.5. The van der Waals surface area contributed by atoms with E-state index in [1.165, 1.54) is 31.4 Å². The predicted molar refractivity (Wildman–Crippen MR) is 145 cm³/mol. The SMILES string of the molecule is COc1cc(C(=O)NCC(O)(c2cc3c(c(-c4ccc(F)cc4)n2)OCC3(C)N)C(F)(F)F)cc2ccc(CO)cc12. The number of ether oxygens (including phenoxy) is 2. The Morgan fingerprint density at radius 2 is 1.86 bits per heavy atom. The molecule has 0 spiro atoms. The smallest absolute Gasteiger partial charge is 0.424 e. The fraction of sp³-hybridized carbons (Fsp3) is 0.267. The van der Waals surface area contributed by atoms with E-state index in [1.54, 1.807) is 25.1 Å². The summed E-state index contributed by atoms with van der Waals surface area (Å²) >= 11 is 0. The van der Waals surface area contributed by atoms with Gasteiger partial charge in [0.15, 0.2) is 5.75 Å². The van der Waals surface area contributed by atoms with Gasteiger partial charge in [0.05, 0.1) is 31.5 Å². The molecule has 0 saturated carbocycles. The number of pyridine rings is 1. The molecule has 3 aromatic carbocycles. The molecular formula is C30H27F4N3O5. The average molecular weight is 586 g/mol. The number of rotatable bonds is 7. The van der Waals surface area contributed by atoms with Gasteiger partial charge in [-0.05, 0) is 66.4 Å². The van der Waals surface area contributed by atoms with Gasteiger partial charge in [-0.15, -0.1) is 0 Å². The first-order valence-electron chi connectivity index (χ1n) is 12.8. The molecule has 42 heavy (non-hydrogen) atoms. The van der Waals surface area contributed by atoms with E-state index < -0.39 is 41.3 Å². The van der Waals surface area contributed by atoms with E-state index in [4.69, 9.17) is 15.2 Å². The van der Waals surface area contributed by atoms with Crippen molar-refractivity contribution < 1.29 is 42.0 Å². The number of aliphatic hydroxyl groups excluding tert-OH is 1. The van der Waals surface area contributed by atoms with Gasteiger partial charge in [0.1, 0.15) is 23.9 Å². The van der Waals surface area contributed by atoms with Gasteiger partial charge in [0, 0.05) is 22.1 Å². The molecule has 220 valence electrons. The maximum absolute atomic E-state index is 14.6. The lowest BCUT2D eigenvalue weighted by molar-refractivity contribution is -0.265. The quantitative estimate of drug-likeness (QED) is 0.239. The minimum atomic E-state index is -5.28. The Hall–Kier alpha value is -4.26. The van der Waals surface area contributed by atoms with Crippen molar-refractivity contribution in [2.45, 2.75) is 30.8 Å². The number of nitrogens with two attached hydrogens (primary N) is 1. The maximum atomic E-state index is 14.6. The van der Waals surface area contributed by atoms with Crippen LogP contribution in [0.1, 0.15) is 34.1 Å². The Morgan fingerprint density at radius 1 is 1.14 bits per heavy atom. The van der Waals surface area contributed by atoms with Crippen molar-refractivity contribution in [3.63, 3.8) is 0 Å². The van der Waals surface area contributed by atoms with Crippen LogP contribution in [0.15, 0.2) is 60.7 Å². The van der Waals surface area contributed by atoms with Gasteiger partial charge in [0.25, 0.3) is 5.91 Å². The average Bonchev–Trinajstić information content (AvgIpc) is 3.28. The van der Waals surface area contributed by atoms with Crippen LogP contribution in [0.5, 0.6) is 11.5 Å². The summed E-state index contributed by atoms with van der Waals surface area (Å²) in [6.45, 7) is -0.00313. The van der Waals surface area contributed by atoms with Crippen molar-refractivity contribution in [1.29, 1.82) is 0 Å². The molecule has 0 radical (unpaired) electrons. The first-order chi connectivity index (χ1) is 19.8. The predicted octanol–water partition coefficient (Wildman–Crippen LogP) is 4.29. The van der Waals surface area contributed by atoms with Crippen LogP contribution in [0.3, 0.4) is 0 Å². The Kier molecular flexibility index (Phi) is 7.34. The van der Waals surface area contributed by atoms with Crippen LogP contribution in [0, 0.1) is 5.82 Å². The lowest BCUT2D eigenvalue weighted by Gasteiger charge is -2.31. The summed E-state index contributed by atoms with van der Waals surface area (Å²) in [5, 5.41) is 23.9. The highest BCUT2D eigenvalue weighted by atomic mass is 19.4. The minimum Gasteiger partial charge on any atom is -0.496 e. The number of hydrogen-bond donors (Lipinski definition) is 4. The third kappa shape index (κ3) is 5.13. The highest BCUT2D eigenvalue weighted by Gasteiger charge is 2.57. The lowest BCUT2D eigenvalue weighted by atomic mass is 9.89. The topological polar surface area (TPSA) is 127 Å². The summed E-state index contributed by atoms with van der Waals surface area (Å²) in [6, 6.07) is 13.7. The molecule has 1 amide bonds. The van der Waals surface area contributed by atoms with Gasteiger partial charge in [-0.2, -0.15) is 13.2 Å². The van der Waals surface area contributed by atoms with Crippen molar-refractivity contribution in [1.82, 2.24) is 10.3 Å². The molecular weight excluding hydrogens is 558 g/mol. The highest BCUT2D eigenvalue weighted by molar-refractivity contribution is 6.01. The molecule has 5 N–H and O–H groups in total. The molecule has 4 aromatic rings. The Labute approximate surface area is 237 Å². The van der Waals surface area contributed by atoms with E-state index in [0.717, 1.165) is 18.2 Å². The number of hydrogen-bond acceptors (Lipinski definition) is 7. The van der Waals surface area contributed by atoms with E-state index in [9.17, 15) is 32.6 Å². The molecule has 12 heteroatoms. The fourth-order valence-electron chi connectivity index (χ4n) is 4.83. The Bertz CT molecular complexity index is 1670. The van der Waals surface area contributed by atoms with Gasteiger partial charge in [-0.3, -0.25) is 4.79 Å². The van der Waals surface area contributed by atoms with E-state index >= 15 is 0 Å². The molecule has 1 aliphatic heterocycles. The van der Waals surface area contributed by atoms with Crippen molar-refractivity contribution >= 4 is 16.7 Å². The molecule has 5 rings (SSSR count). The standard InChI is InChI=1S/C30H27F4N3O5/c1-28(35)15-42-26-22(28)12-24(37-25(26)17-5-7-20(31)8-6-17)29(40,30(32,33)34)14-36-27(39)19-10-18-4-3-16(13-38)9-21(18)23(11-19)41-2/h3-12,38,40H,13-15,35H2,1-2H3,(H,36,39). The lowest BCUT2D eigenvalue weighted by Crippen LogP contribution is -2.51. The van der Waals surface area contributed by atoms with Crippen LogP contribution in [-0.4, -0.2) is 47.5 Å². The van der Waals surface area contributed by atoms with Crippen LogP contribution in [0.4, 0.5) is 17.6 Å². The molecule has 8 nitrogen and oxygen atoms in total. The second-order valence-corrected chi connectivity index (χ2v) is 10.4. The number of halogens is 4. The van der Waals surface area contributed by atoms with E-state index in [-0.39, 0.29) is 47.1 Å². The normalized spacial score (nSPS) is 17.8. The molecule has 0 fully saturated rings. The number of nitrogens with one attached hydrogen (secondary N) is 1. The van der Waals surface area contributed by atoms with Crippen LogP contribution in [0.25, 0.3) is 22.0 Å². The first-order valence-corrected chi connectivity index (χ1v) is 12.8. The number of carbonyl (C=O) groups is 1. The summed E-state index contributed by atoms with van der Waals surface area (Å²) in [6.07, 6.45) is -5.28. The fourth-order valence-corrected chi connectivity index (χ4v) is 4.83. The van der Waals surface area contributed by atoms with Crippen LogP contribution in [0.2, 0.25) is 0 Å². The van der Waals surface area contributed by atoms with E-state index in [2.05, 4.69) is 10.3 Å². The summed E-state index contributed by atoms with van der Waals surface area (Å²) < 4.78 is 68.4. The Morgan fingerprint density at radius 3 is 2.50 bits per heavy atom. The van der Waals surface area contributed by atoms with Gasteiger partial charge < -0.3 is 30.7 Å². The van der Waals surface area contributed by atoms with Gasteiger partial charge >= 0.3 is 6.18 Å². The summed E-state index contributed by atoms with van der Waals surface area (Å²) in [4.78, 5) is 17.2. The molecule has 2 heterocycles. The minimum absolute atomic E-state index is 0.0162. The molecule has 0 aliphatic carbocycles. The van der Waals surface area contributed by atoms with Crippen LogP contribution < -0.4 is 20.5 Å². The molecule has 2 atom stereocenters. The van der Waals surface area contributed by atoms with Gasteiger partial charge in [-0.25, -0.2) is 9.37 Å². The van der Waals surface area contributed by atoms with Crippen molar-refractivity contribution in [3.8, 4) is 22.8 Å². The summed E-state index contributed by atoms with van der Waals surface area (Å²) in [5.41, 5.74) is 1.57. The molecule has 2 unspecified atom stereocenters. The maximum Gasteiger partial charge on any atom is 0.424 e. The van der Waals surface area contributed by atoms with Crippen molar-refractivity contribution in [3.05, 3.63) is 88.9 Å². The number of fused-ring (bicyclic) bond motifs is 2. The number of aliphatic hydroxyl groups is 2. The van der Waals surface area contributed by atoms with Gasteiger partial charge in [-0.1, -0.05) is 12.1 Å². The molecule has 0 saturated heterocycles. The largest absolute Gasteiger partial charge is 0.496 e. The second-order valence-electron chi connectivity index (χ2n) is 10.4. The zero-order valence-corrected chi connectivity index (χ0v) is 22.6. The first kappa shape index (κ1) is 29.2. The van der Waals surface area contributed by atoms with Gasteiger partial charge in [0.2, 0.25) is 5.60 Å². The van der Waals surface area contributed by atoms with E-state index in [1.807, 2.05) is 0 Å². The van der Waals surface area contributed by atoms with E-state index in [0.29, 0.717) is 16.3 Å². The summed E-state index contributed by atoms with van der Waals surface area (Å²) in [5.74, 6) is -1.08. The number of aromatic nitrogens is 1. The zero-order chi connectivity index (χ0) is 30.4. The number of carbonyl (C=O) groups excluding carboxylic acids is 1. The zero-order valence-electron chi connectivity index (χ0n) is 22.6. The molecule has 1 aromatic heterocycles. The van der Waals surface area contributed by atoms with Crippen LogP contribution >= 0.6 is 0 Å². The van der Waals surface area contributed by atoms with Crippen molar-refractivity contribution in [2.75, 3.05) is 20.3 Å². The van der Waals surface area contributed by atoms with Crippen molar-refractivity contribution in [2.24, 2.45) is 5.73 Å².